The lowest BCUT2D eigenvalue weighted by molar-refractivity contribution is 0.0400. The second-order valence-corrected chi connectivity index (χ2v) is 6.53. The lowest BCUT2D eigenvalue weighted by atomic mass is 9.83. The summed E-state index contributed by atoms with van der Waals surface area (Å²) in [6, 6.07) is 2.51. The topological polar surface area (TPSA) is 33.1 Å². The molecule has 2 unspecified atom stereocenters. The van der Waals surface area contributed by atoms with Crippen molar-refractivity contribution in [3.8, 4) is 0 Å². The Kier molecular flexibility index (Phi) is 5.82. The standard InChI is InChI=1S/C17H32N4/c1-5-11-18-16(15-10-12-19-20(15)4)17(3,6-2)21-13-8-7-9-14-21/h10,12,16,18H,5-9,11,13-14H2,1-4H3. The predicted molar refractivity (Wildman–Crippen MR) is 88.4 cm³/mol. The molecule has 4 heteroatoms. The van der Waals surface area contributed by atoms with Crippen LogP contribution in [0.25, 0.3) is 0 Å². The van der Waals surface area contributed by atoms with E-state index in [9.17, 15) is 0 Å². The maximum atomic E-state index is 4.40. The van der Waals surface area contributed by atoms with Gasteiger partial charge in [-0.05, 0) is 58.3 Å². The summed E-state index contributed by atoms with van der Waals surface area (Å²) in [5.41, 5.74) is 1.46. The number of nitrogens with one attached hydrogen (secondary N) is 1. The lowest BCUT2D eigenvalue weighted by Gasteiger charge is -2.48. The van der Waals surface area contributed by atoms with Crippen LogP contribution in [0.1, 0.15) is 64.6 Å². The highest BCUT2D eigenvalue weighted by Gasteiger charge is 2.40. The van der Waals surface area contributed by atoms with Crippen LogP contribution < -0.4 is 5.32 Å². The Morgan fingerprint density at radius 3 is 2.52 bits per heavy atom. The Bertz CT molecular complexity index is 422. The van der Waals surface area contributed by atoms with Crippen LogP contribution in [0.15, 0.2) is 12.3 Å². The van der Waals surface area contributed by atoms with E-state index >= 15 is 0 Å². The van der Waals surface area contributed by atoms with E-state index in [1.165, 1.54) is 38.0 Å². The summed E-state index contributed by atoms with van der Waals surface area (Å²) in [6.45, 7) is 10.5. The van der Waals surface area contributed by atoms with Crippen LogP contribution in [0, 0.1) is 0 Å². The molecule has 1 saturated heterocycles. The first-order valence-electron chi connectivity index (χ1n) is 8.59. The SMILES string of the molecule is CCCNC(c1ccnn1C)C(C)(CC)N1CCCCC1. The quantitative estimate of drug-likeness (QED) is 0.838. The molecule has 0 radical (unpaired) electrons. The van der Waals surface area contributed by atoms with Gasteiger partial charge in [-0.25, -0.2) is 0 Å². The molecule has 0 amide bonds. The van der Waals surface area contributed by atoms with Crippen LogP contribution in [0.2, 0.25) is 0 Å². The molecular formula is C17H32N4. The molecule has 2 rings (SSSR count). The van der Waals surface area contributed by atoms with Crippen molar-refractivity contribution in [3.63, 3.8) is 0 Å². The first-order chi connectivity index (χ1) is 10.1. The van der Waals surface area contributed by atoms with Crippen molar-refractivity contribution in [1.82, 2.24) is 20.0 Å². The summed E-state index contributed by atoms with van der Waals surface area (Å²) in [6.07, 6.45) is 8.29. The maximum Gasteiger partial charge on any atom is 0.0676 e. The fraction of sp³-hybridized carbons (Fsp3) is 0.824. The first kappa shape index (κ1) is 16.5. The maximum absolute atomic E-state index is 4.40. The van der Waals surface area contributed by atoms with E-state index in [1.54, 1.807) is 0 Å². The van der Waals surface area contributed by atoms with Gasteiger partial charge in [0.1, 0.15) is 0 Å². The van der Waals surface area contributed by atoms with Crippen molar-refractivity contribution < 1.29 is 0 Å². The average molecular weight is 292 g/mol. The normalized spacial score (nSPS) is 21.1. The van der Waals surface area contributed by atoms with E-state index in [4.69, 9.17) is 0 Å². The number of nitrogens with zero attached hydrogens (tertiary/aromatic N) is 3. The molecule has 1 fully saturated rings. The fourth-order valence-corrected chi connectivity index (χ4v) is 3.61. The zero-order valence-corrected chi connectivity index (χ0v) is 14.2. The van der Waals surface area contributed by atoms with Crippen molar-refractivity contribution >= 4 is 0 Å². The van der Waals surface area contributed by atoms with Crippen molar-refractivity contribution in [1.29, 1.82) is 0 Å². The van der Waals surface area contributed by atoms with Gasteiger partial charge in [0.05, 0.1) is 11.7 Å². The summed E-state index contributed by atoms with van der Waals surface area (Å²) >= 11 is 0. The monoisotopic (exact) mass is 292 g/mol. The molecule has 1 aliphatic rings. The van der Waals surface area contributed by atoms with Crippen LogP contribution >= 0.6 is 0 Å². The number of rotatable bonds is 7. The molecular weight excluding hydrogens is 260 g/mol. The first-order valence-corrected chi connectivity index (χ1v) is 8.59. The van der Waals surface area contributed by atoms with Crippen molar-refractivity contribution in [3.05, 3.63) is 18.0 Å². The van der Waals surface area contributed by atoms with Crippen LogP contribution in [-0.4, -0.2) is 39.9 Å². The van der Waals surface area contributed by atoms with E-state index in [2.05, 4.69) is 49.2 Å². The summed E-state index contributed by atoms with van der Waals surface area (Å²) in [7, 11) is 2.06. The number of aromatic nitrogens is 2. The molecule has 1 aromatic rings. The molecule has 2 atom stereocenters. The van der Waals surface area contributed by atoms with Crippen LogP contribution in [0.3, 0.4) is 0 Å². The molecule has 1 aliphatic heterocycles. The molecule has 0 saturated carbocycles. The van der Waals surface area contributed by atoms with E-state index < -0.39 is 0 Å². The van der Waals surface area contributed by atoms with Crippen molar-refractivity contribution in [2.24, 2.45) is 7.05 Å². The number of hydrogen-bond acceptors (Lipinski definition) is 3. The minimum atomic E-state index is 0.156. The van der Waals surface area contributed by atoms with Gasteiger partial charge in [0.15, 0.2) is 0 Å². The molecule has 4 nitrogen and oxygen atoms in total. The molecule has 1 aromatic heterocycles. The summed E-state index contributed by atoms with van der Waals surface area (Å²) in [4.78, 5) is 2.71. The van der Waals surface area contributed by atoms with Gasteiger partial charge in [-0.3, -0.25) is 9.58 Å². The molecule has 2 heterocycles. The average Bonchev–Trinajstić information content (AvgIpc) is 2.94. The van der Waals surface area contributed by atoms with Gasteiger partial charge >= 0.3 is 0 Å². The van der Waals surface area contributed by atoms with Gasteiger partial charge in [-0.1, -0.05) is 20.3 Å². The van der Waals surface area contributed by atoms with Gasteiger partial charge in [-0.15, -0.1) is 0 Å². The molecule has 0 aromatic carbocycles. The molecule has 0 aliphatic carbocycles. The second kappa shape index (κ2) is 7.41. The number of hydrogen-bond donors (Lipinski definition) is 1. The number of likely N-dealkylation sites (tertiary alicyclic amines) is 1. The third-order valence-electron chi connectivity index (χ3n) is 5.17. The minimum Gasteiger partial charge on any atom is -0.307 e. The van der Waals surface area contributed by atoms with E-state index in [1.807, 2.05) is 10.9 Å². The highest BCUT2D eigenvalue weighted by molar-refractivity contribution is 5.15. The molecule has 120 valence electrons. The predicted octanol–water partition coefficient (Wildman–Crippen LogP) is 3.12. The molecule has 0 spiro atoms. The zero-order chi connectivity index (χ0) is 15.3. The Labute approximate surface area is 129 Å². The Balaban J connectivity index is 2.29. The van der Waals surface area contributed by atoms with Gasteiger partial charge in [0, 0.05) is 18.8 Å². The van der Waals surface area contributed by atoms with Gasteiger partial charge in [0.25, 0.3) is 0 Å². The lowest BCUT2D eigenvalue weighted by Crippen LogP contribution is -2.56. The van der Waals surface area contributed by atoms with Crippen molar-refractivity contribution in [2.45, 2.75) is 64.5 Å². The van der Waals surface area contributed by atoms with Crippen molar-refractivity contribution in [2.75, 3.05) is 19.6 Å². The minimum absolute atomic E-state index is 0.156. The summed E-state index contributed by atoms with van der Waals surface area (Å²) in [5.74, 6) is 0. The number of aryl methyl sites for hydroxylation is 1. The van der Waals surface area contributed by atoms with Crippen LogP contribution in [-0.2, 0) is 7.05 Å². The summed E-state index contributed by atoms with van der Waals surface area (Å²) in [5, 5.41) is 8.20. The van der Waals surface area contributed by atoms with Gasteiger partial charge in [0.2, 0.25) is 0 Å². The molecule has 0 bridgehead atoms. The zero-order valence-electron chi connectivity index (χ0n) is 14.2. The van der Waals surface area contributed by atoms with E-state index in [0.717, 1.165) is 19.4 Å². The van der Waals surface area contributed by atoms with Gasteiger partial charge in [-0.2, -0.15) is 5.10 Å². The summed E-state index contributed by atoms with van der Waals surface area (Å²) < 4.78 is 2.03. The third kappa shape index (κ3) is 3.49. The Morgan fingerprint density at radius 2 is 2.00 bits per heavy atom. The fourth-order valence-electron chi connectivity index (χ4n) is 3.61. The Morgan fingerprint density at radius 1 is 1.29 bits per heavy atom. The smallest absolute Gasteiger partial charge is 0.0676 e. The van der Waals surface area contributed by atoms with Crippen LogP contribution in [0.5, 0.6) is 0 Å². The van der Waals surface area contributed by atoms with Gasteiger partial charge < -0.3 is 5.32 Å². The number of piperidine rings is 1. The highest BCUT2D eigenvalue weighted by Crippen LogP contribution is 2.35. The molecule has 1 N–H and O–H groups in total. The van der Waals surface area contributed by atoms with E-state index in [-0.39, 0.29) is 5.54 Å². The second-order valence-electron chi connectivity index (χ2n) is 6.53. The highest BCUT2D eigenvalue weighted by atomic mass is 15.3. The molecule has 21 heavy (non-hydrogen) atoms. The van der Waals surface area contributed by atoms with Crippen LogP contribution in [0.4, 0.5) is 0 Å². The third-order valence-corrected chi connectivity index (χ3v) is 5.17. The van der Waals surface area contributed by atoms with E-state index in [0.29, 0.717) is 6.04 Å². The Hall–Kier alpha value is -0.870. The largest absolute Gasteiger partial charge is 0.307 e.